The van der Waals surface area contributed by atoms with Gasteiger partial charge in [-0.2, -0.15) is 10.4 Å². The van der Waals surface area contributed by atoms with Gasteiger partial charge in [0.1, 0.15) is 23.3 Å². The van der Waals surface area contributed by atoms with Crippen LogP contribution in [0.15, 0.2) is 18.2 Å². The molecule has 0 spiro atoms. The van der Waals surface area contributed by atoms with Crippen molar-refractivity contribution in [1.29, 1.82) is 5.26 Å². The van der Waals surface area contributed by atoms with Crippen molar-refractivity contribution in [2.24, 2.45) is 0 Å². The highest BCUT2D eigenvalue weighted by Crippen LogP contribution is 2.29. The Morgan fingerprint density at radius 3 is 2.47 bits per heavy atom. The third-order valence-electron chi connectivity index (χ3n) is 3.02. The molecule has 0 amide bonds. The summed E-state index contributed by atoms with van der Waals surface area (Å²) in [6.07, 6.45) is 0. The van der Waals surface area contributed by atoms with Crippen molar-refractivity contribution in [2.45, 2.75) is 13.8 Å². The topological polar surface area (TPSA) is 60.1 Å². The van der Waals surface area contributed by atoms with Gasteiger partial charge in [0.25, 0.3) is 0 Å². The highest BCUT2D eigenvalue weighted by molar-refractivity contribution is 5.53. The average Bonchev–Trinajstić information content (AvgIpc) is 2.72. The fourth-order valence-electron chi connectivity index (χ4n) is 2.00. The molecule has 0 aliphatic rings. The quantitative estimate of drug-likeness (QED) is 0.847. The van der Waals surface area contributed by atoms with Gasteiger partial charge in [0, 0.05) is 6.07 Å². The molecule has 0 aliphatic carbocycles. The first kappa shape index (κ1) is 13.0. The fraction of sp³-hybridized carbons (Fsp3) is 0.286. The van der Waals surface area contributed by atoms with E-state index in [9.17, 15) is 0 Å². The minimum atomic E-state index is 0.595. The molecule has 0 bridgehead atoms. The summed E-state index contributed by atoms with van der Waals surface area (Å²) in [5.74, 6) is 1.36. The molecule has 2 rings (SSSR count). The molecule has 0 aliphatic heterocycles. The van der Waals surface area contributed by atoms with Crippen molar-refractivity contribution >= 4 is 0 Å². The molecule has 0 unspecified atom stereocenters. The van der Waals surface area contributed by atoms with Crippen LogP contribution in [0.3, 0.4) is 0 Å². The van der Waals surface area contributed by atoms with Crippen LogP contribution in [0.1, 0.15) is 17.0 Å². The van der Waals surface area contributed by atoms with Gasteiger partial charge in [-0.05, 0) is 26.0 Å². The van der Waals surface area contributed by atoms with Crippen molar-refractivity contribution in [1.82, 2.24) is 9.78 Å². The van der Waals surface area contributed by atoms with Crippen LogP contribution in [0.25, 0.3) is 5.69 Å². The fourth-order valence-corrected chi connectivity index (χ4v) is 2.00. The van der Waals surface area contributed by atoms with Gasteiger partial charge in [-0.1, -0.05) is 0 Å². The van der Waals surface area contributed by atoms with Gasteiger partial charge in [0.05, 0.1) is 31.2 Å². The van der Waals surface area contributed by atoms with Crippen LogP contribution >= 0.6 is 0 Å². The second-order valence-corrected chi connectivity index (χ2v) is 4.11. The summed E-state index contributed by atoms with van der Waals surface area (Å²) < 4.78 is 12.2. The van der Waals surface area contributed by atoms with Gasteiger partial charge in [0.15, 0.2) is 0 Å². The Kier molecular flexibility index (Phi) is 3.43. The number of aryl methyl sites for hydroxylation is 1. The predicted octanol–water partition coefficient (Wildman–Crippen LogP) is 2.38. The van der Waals surface area contributed by atoms with Crippen LogP contribution < -0.4 is 9.47 Å². The summed E-state index contributed by atoms with van der Waals surface area (Å²) in [4.78, 5) is 0. The highest BCUT2D eigenvalue weighted by Gasteiger charge is 2.15. The van der Waals surface area contributed by atoms with Crippen molar-refractivity contribution < 1.29 is 9.47 Å². The number of aromatic nitrogens is 2. The first-order valence-electron chi connectivity index (χ1n) is 5.81. The Morgan fingerprint density at radius 2 is 1.95 bits per heavy atom. The highest BCUT2D eigenvalue weighted by atomic mass is 16.5. The van der Waals surface area contributed by atoms with E-state index in [0.717, 1.165) is 11.4 Å². The molecule has 1 aromatic carbocycles. The van der Waals surface area contributed by atoms with Crippen LogP contribution in [0.5, 0.6) is 11.5 Å². The summed E-state index contributed by atoms with van der Waals surface area (Å²) in [6, 6.07) is 7.65. The van der Waals surface area contributed by atoms with Gasteiger partial charge in [0.2, 0.25) is 0 Å². The van der Waals surface area contributed by atoms with Crippen molar-refractivity contribution in [3.05, 3.63) is 35.2 Å². The number of nitriles is 1. The lowest BCUT2D eigenvalue weighted by Crippen LogP contribution is -2.02. The molecule has 98 valence electrons. The van der Waals surface area contributed by atoms with Gasteiger partial charge in [-0.25, -0.2) is 4.68 Å². The van der Waals surface area contributed by atoms with E-state index in [2.05, 4.69) is 11.2 Å². The normalized spacial score (nSPS) is 10.1. The molecular formula is C14H15N3O2. The first-order chi connectivity index (χ1) is 9.12. The van der Waals surface area contributed by atoms with Crippen molar-refractivity contribution in [2.75, 3.05) is 14.2 Å². The van der Waals surface area contributed by atoms with E-state index < -0.39 is 0 Å². The van der Waals surface area contributed by atoms with Gasteiger partial charge >= 0.3 is 0 Å². The first-order valence-corrected chi connectivity index (χ1v) is 5.81. The third-order valence-corrected chi connectivity index (χ3v) is 3.02. The molecule has 19 heavy (non-hydrogen) atoms. The Morgan fingerprint density at radius 1 is 1.21 bits per heavy atom. The molecule has 2 aromatic rings. The maximum Gasteiger partial charge on any atom is 0.148 e. The zero-order chi connectivity index (χ0) is 14.0. The summed E-state index contributed by atoms with van der Waals surface area (Å²) >= 11 is 0. The van der Waals surface area contributed by atoms with Crippen LogP contribution in [-0.4, -0.2) is 24.0 Å². The molecule has 0 saturated heterocycles. The monoisotopic (exact) mass is 257 g/mol. The second kappa shape index (κ2) is 5.02. The molecule has 1 heterocycles. The Balaban J connectivity index is 2.63. The maximum atomic E-state index is 9.11. The summed E-state index contributed by atoms with van der Waals surface area (Å²) in [7, 11) is 3.20. The van der Waals surface area contributed by atoms with Crippen LogP contribution in [0.4, 0.5) is 0 Å². The minimum absolute atomic E-state index is 0.595. The van der Waals surface area contributed by atoms with Gasteiger partial charge in [-0.15, -0.1) is 0 Å². The second-order valence-electron chi connectivity index (χ2n) is 4.11. The molecule has 0 saturated carbocycles. The molecule has 0 N–H and O–H groups in total. The maximum absolute atomic E-state index is 9.11. The van der Waals surface area contributed by atoms with E-state index in [-0.39, 0.29) is 0 Å². The summed E-state index contributed by atoms with van der Waals surface area (Å²) in [5, 5.41) is 13.5. The zero-order valence-corrected chi connectivity index (χ0v) is 11.4. The Labute approximate surface area is 112 Å². The van der Waals surface area contributed by atoms with Crippen LogP contribution in [-0.2, 0) is 0 Å². The third kappa shape index (κ3) is 2.13. The molecule has 5 heteroatoms. The average molecular weight is 257 g/mol. The van der Waals surface area contributed by atoms with E-state index in [1.165, 1.54) is 0 Å². The lowest BCUT2D eigenvalue weighted by molar-refractivity contribution is 0.392. The molecule has 5 nitrogen and oxygen atoms in total. The standard InChI is InChI=1S/C14H15N3O2/c1-9-12(8-15)10(2)17(16-9)13-6-5-11(18-3)7-14(13)19-4/h5-7H,1-4H3. The molecule has 1 aromatic heterocycles. The van der Waals surface area contributed by atoms with E-state index >= 15 is 0 Å². The van der Waals surface area contributed by atoms with Gasteiger partial charge < -0.3 is 9.47 Å². The minimum Gasteiger partial charge on any atom is -0.497 e. The summed E-state index contributed by atoms with van der Waals surface area (Å²) in [5.41, 5.74) is 2.88. The van der Waals surface area contributed by atoms with E-state index in [1.807, 2.05) is 26.0 Å². The SMILES string of the molecule is COc1ccc(-n2nc(C)c(C#N)c2C)c(OC)c1. The molecule has 0 atom stereocenters. The largest absolute Gasteiger partial charge is 0.497 e. The number of rotatable bonds is 3. The zero-order valence-electron chi connectivity index (χ0n) is 11.4. The Bertz CT molecular complexity index is 653. The number of hydrogen-bond acceptors (Lipinski definition) is 4. The van der Waals surface area contributed by atoms with Crippen LogP contribution in [0.2, 0.25) is 0 Å². The smallest absolute Gasteiger partial charge is 0.148 e. The van der Waals surface area contributed by atoms with E-state index in [4.69, 9.17) is 14.7 Å². The number of nitrogens with zero attached hydrogens (tertiary/aromatic N) is 3. The lowest BCUT2D eigenvalue weighted by Gasteiger charge is -2.11. The lowest BCUT2D eigenvalue weighted by atomic mass is 10.2. The van der Waals surface area contributed by atoms with E-state index in [0.29, 0.717) is 22.8 Å². The van der Waals surface area contributed by atoms with Crippen molar-refractivity contribution in [3.63, 3.8) is 0 Å². The number of methoxy groups -OCH3 is 2. The summed E-state index contributed by atoms with van der Waals surface area (Å²) in [6.45, 7) is 3.68. The number of ether oxygens (including phenoxy) is 2. The molecule has 0 fully saturated rings. The number of hydrogen-bond donors (Lipinski definition) is 0. The predicted molar refractivity (Wildman–Crippen MR) is 70.9 cm³/mol. The molecular weight excluding hydrogens is 242 g/mol. The van der Waals surface area contributed by atoms with Crippen LogP contribution in [0, 0.1) is 25.2 Å². The van der Waals surface area contributed by atoms with Crippen molar-refractivity contribution in [3.8, 4) is 23.3 Å². The van der Waals surface area contributed by atoms with Gasteiger partial charge in [-0.3, -0.25) is 0 Å². The molecule has 0 radical (unpaired) electrons. The Hall–Kier alpha value is -2.48. The van der Waals surface area contributed by atoms with E-state index in [1.54, 1.807) is 25.0 Å². The number of benzene rings is 1.